The van der Waals surface area contributed by atoms with Gasteiger partial charge >= 0.3 is 6.18 Å². The Labute approximate surface area is 90.0 Å². The zero-order chi connectivity index (χ0) is 12.2. The van der Waals surface area contributed by atoms with Crippen LogP contribution >= 0.6 is 0 Å². The molecule has 0 heterocycles. The molecular formula is C10H11F4NO. The Morgan fingerprint density at radius 3 is 2.44 bits per heavy atom. The number of nitrogens with two attached hydrogens (primary N) is 1. The second kappa shape index (κ2) is 5.16. The van der Waals surface area contributed by atoms with Crippen molar-refractivity contribution in [1.29, 1.82) is 0 Å². The highest BCUT2D eigenvalue weighted by molar-refractivity contribution is 5.29. The van der Waals surface area contributed by atoms with E-state index < -0.39 is 25.0 Å². The van der Waals surface area contributed by atoms with Gasteiger partial charge in [-0.25, -0.2) is 4.39 Å². The summed E-state index contributed by atoms with van der Waals surface area (Å²) < 4.78 is 53.2. The normalized spacial score (nSPS) is 11.6. The average molecular weight is 237 g/mol. The smallest absolute Gasteiger partial charge is 0.392 e. The number of alkyl halides is 3. The zero-order valence-electron chi connectivity index (χ0n) is 8.35. The van der Waals surface area contributed by atoms with Gasteiger partial charge in [-0.1, -0.05) is 6.07 Å². The first-order valence-corrected chi connectivity index (χ1v) is 4.60. The minimum Gasteiger partial charge on any atom is -0.490 e. The van der Waals surface area contributed by atoms with Crippen molar-refractivity contribution in [3.63, 3.8) is 0 Å². The van der Waals surface area contributed by atoms with E-state index in [0.717, 1.165) is 6.07 Å². The van der Waals surface area contributed by atoms with Crippen molar-refractivity contribution < 1.29 is 22.3 Å². The summed E-state index contributed by atoms with van der Waals surface area (Å²) in [4.78, 5) is 0. The lowest BCUT2D eigenvalue weighted by Crippen LogP contribution is -2.13. The van der Waals surface area contributed by atoms with Gasteiger partial charge in [0.15, 0.2) is 11.6 Å². The zero-order valence-corrected chi connectivity index (χ0v) is 8.35. The molecule has 0 radical (unpaired) electrons. The third-order valence-electron chi connectivity index (χ3n) is 1.88. The molecule has 2 nitrogen and oxygen atoms in total. The largest absolute Gasteiger partial charge is 0.490 e. The van der Waals surface area contributed by atoms with Crippen molar-refractivity contribution in [2.45, 2.75) is 19.1 Å². The first-order chi connectivity index (χ1) is 7.42. The van der Waals surface area contributed by atoms with Crippen LogP contribution in [0.4, 0.5) is 17.6 Å². The molecule has 0 saturated carbocycles. The Balaban J connectivity index is 2.55. The van der Waals surface area contributed by atoms with Crippen molar-refractivity contribution >= 4 is 0 Å². The summed E-state index contributed by atoms with van der Waals surface area (Å²) >= 11 is 0. The van der Waals surface area contributed by atoms with E-state index in [1.54, 1.807) is 0 Å². The predicted molar refractivity (Wildman–Crippen MR) is 50.5 cm³/mol. The molecule has 90 valence electrons. The first kappa shape index (κ1) is 12.8. The van der Waals surface area contributed by atoms with Gasteiger partial charge in [-0.05, 0) is 17.7 Å². The van der Waals surface area contributed by atoms with Crippen LogP contribution in [0.3, 0.4) is 0 Å². The number of halogens is 4. The highest BCUT2D eigenvalue weighted by Crippen LogP contribution is 2.22. The molecule has 1 aromatic carbocycles. The van der Waals surface area contributed by atoms with E-state index >= 15 is 0 Å². The van der Waals surface area contributed by atoms with Crippen molar-refractivity contribution in [3.8, 4) is 5.75 Å². The van der Waals surface area contributed by atoms with E-state index in [1.807, 2.05) is 0 Å². The van der Waals surface area contributed by atoms with Crippen molar-refractivity contribution in [3.05, 3.63) is 29.6 Å². The van der Waals surface area contributed by atoms with Crippen LogP contribution in [-0.4, -0.2) is 12.8 Å². The van der Waals surface area contributed by atoms with Crippen LogP contribution in [0.2, 0.25) is 0 Å². The molecule has 16 heavy (non-hydrogen) atoms. The van der Waals surface area contributed by atoms with Gasteiger partial charge in [-0.2, -0.15) is 13.2 Å². The van der Waals surface area contributed by atoms with Gasteiger partial charge in [0.25, 0.3) is 0 Å². The second-order valence-electron chi connectivity index (χ2n) is 3.18. The molecule has 1 rings (SSSR count). The maximum atomic E-state index is 13.2. The van der Waals surface area contributed by atoms with Crippen LogP contribution in [0.1, 0.15) is 12.0 Å². The fourth-order valence-electron chi connectivity index (χ4n) is 1.07. The SMILES string of the molecule is NCc1ccc(OCCC(F)(F)F)c(F)c1. The summed E-state index contributed by atoms with van der Waals surface area (Å²) in [5.41, 5.74) is 5.83. The quantitative estimate of drug-likeness (QED) is 0.817. The van der Waals surface area contributed by atoms with Gasteiger partial charge in [0, 0.05) is 6.54 Å². The van der Waals surface area contributed by atoms with Gasteiger partial charge in [0.1, 0.15) is 0 Å². The molecule has 1 aromatic rings. The van der Waals surface area contributed by atoms with E-state index in [2.05, 4.69) is 4.74 Å². The van der Waals surface area contributed by atoms with Gasteiger partial charge in [-0.3, -0.25) is 0 Å². The van der Waals surface area contributed by atoms with Crippen molar-refractivity contribution in [1.82, 2.24) is 0 Å². The van der Waals surface area contributed by atoms with E-state index in [1.165, 1.54) is 12.1 Å². The number of ether oxygens (including phenoxy) is 1. The van der Waals surface area contributed by atoms with Crippen LogP contribution in [0.25, 0.3) is 0 Å². The Morgan fingerprint density at radius 2 is 1.94 bits per heavy atom. The van der Waals surface area contributed by atoms with Gasteiger partial charge in [0.2, 0.25) is 0 Å². The van der Waals surface area contributed by atoms with Gasteiger partial charge in [-0.15, -0.1) is 0 Å². The molecule has 0 fully saturated rings. The molecule has 2 N–H and O–H groups in total. The fourth-order valence-corrected chi connectivity index (χ4v) is 1.07. The number of benzene rings is 1. The molecule has 0 unspecified atom stereocenters. The van der Waals surface area contributed by atoms with Gasteiger partial charge in [0.05, 0.1) is 13.0 Å². The van der Waals surface area contributed by atoms with E-state index in [0.29, 0.717) is 5.56 Å². The summed E-state index contributed by atoms with van der Waals surface area (Å²) in [5, 5.41) is 0. The maximum Gasteiger partial charge on any atom is 0.392 e. The minimum atomic E-state index is -4.30. The predicted octanol–water partition coefficient (Wildman–Crippen LogP) is 2.62. The molecule has 0 spiro atoms. The molecule has 0 bridgehead atoms. The molecule has 6 heteroatoms. The van der Waals surface area contributed by atoms with E-state index in [9.17, 15) is 17.6 Å². The summed E-state index contributed by atoms with van der Waals surface area (Å²) in [6, 6.07) is 3.92. The number of hydrogen-bond donors (Lipinski definition) is 1. The van der Waals surface area contributed by atoms with E-state index in [4.69, 9.17) is 5.73 Å². The lowest BCUT2D eigenvalue weighted by molar-refractivity contribution is -0.139. The molecule has 0 amide bonds. The Bertz CT molecular complexity index is 351. The summed E-state index contributed by atoms with van der Waals surface area (Å²) in [6.45, 7) is -0.428. The first-order valence-electron chi connectivity index (χ1n) is 4.60. The van der Waals surface area contributed by atoms with Crippen molar-refractivity contribution in [2.24, 2.45) is 5.73 Å². The van der Waals surface area contributed by atoms with Crippen LogP contribution < -0.4 is 10.5 Å². The molecule has 0 aliphatic rings. The van der Waals surface area contributed by atoms with Crippen LogP contribution in [0.5, 0.6) is 5.75 Å². The summed E-state index contributed by atoms with van der Waals surface area (Å²) in [6.07, 6.45) is -5.40. The van der Waals surface area contributed by atoms with E-state index in [-0.39, 0.29) is 12.3 Å². The molecule has 0 aliphatic heterocycles. The van der Waals surface area contributed by atoms with Crippen molar-refractivity contribution in [2.75, 3.05) is 6.61 Å². The summed E-state index contributed by atoms with van der Waals surface area (Å²) in [7, 11) is 0. The van der Waals surface area contributed by atoms with Crippen LogP contribution in [0, 0.1) is 5.82 Å². The standard InChI is InChI=1S/C10H11F4NO/c11-8-5-7(6-15)1-2-9(8)16-4-3-10(12,13)14/h1-2,5H,3-4,6,15H2. The summed E-state index contributed by atoms with van der Waals surface area (Å²) in [5.74, 6) is -0.897. The lowest BCUT2D eigenvalue weighted by atomic mass is 10.2. The Kier molecular flexibility index (Phi) is 4.12. The molecule has 0 aromatic heterocycles. The second-order valence-corrected chi connectivity index (χ2v) is 3.18. The lowest BCUT2D eigenvalue weighted by Gasteiger charge is -2.09. The highest BCUT2D eigenvalue weighted by Gasteiger charge is 2.27. The third-order valence-corrected chi connectivity index (χ3v) is 1.88. The molecule has 0 atom stereocenters. The average Bonchev–Trinajstić information content (AvgIpc) is 2.18. The molecule has 0 aliphatic carbocycles. The fraction of sp³-hybridized carbons (Fsp3) is 0.400. The topological polar surface area (TPSA) is 35.2 Å². The third kappa shape index (κ3) is 4.06. The highest BCUT2D eigenvalue weighted by atomic mass is 19.4. The minimum absolute atomic E-state index is 0.166. The van der Waals surface area contributed by atoms with Crippen LogP contribution in [0.15, 0.2) is 18.2 Å². The maximum absolute atomic E-state index is 13.2. The Hall–Kier alpha value is -1.30. The molecule has 0 saturated heterocycles. The van der Waals surface area contributed by atoms with Gasteiger partial charge < -0.3 is 10.5 Å². The Morgan fingerprint density at radius 1 is 1.25 bits per heavy atom. The number of hydrogen-bond acceptors (Lipinski definition) is 2. The number of rotatable bonds is 4. The monoisotopic (exact) mass is 237 g/mol. The molecular weight excluding hydrogens is 226 g/mol. The van der Waals surface area contributed by atoms with Crippen LogP contribution in [-0.2, 0) is 6.54 Å².